The maximum atomic E-state index is 13.2. The van der Waals surface area contributed by atoms with Gasteiger partial charge in [0.2, 0.25) is 0 Å². The second kappa shape index (κ2) is 5.17. The first-order valence-corrected chi connectivity index (χ1v) is 6.82. The zero-order valence-corrected chi connectivity index (χ0v) is 11.4. The van der Waals surface area contributed by atoms with E-state index in [9.17, 15) is 4.39 Å². The van der Waals surface area contributed by atoms with Gasteiger partial charge >= 0.3 is 0 Å². The van der Waals surface area contributed by atoms with Gasteiger partial charge in [0.25, 0.3) is 0 Å². The molecule has 4 nitrogen and oxygen atoms in total. The monoisotopic (exact) mass is 272 g/mol. The number of rotatable bonds is 2. The number of aryl methyl sites for hydroxylation is 2. The third-order valence-electron chi connectivity index (χ3n) is 3.75. The van der Waals surface area contributed by atoms with Crippen LogP contribution in [-0.4, -0.2) is 9.97 Å². The molecule has 0 radical (unpaired) electrons. The Kier molecular flexibility index (Phi) is 3.36. The number of benzene rings is 1. The topological polar surface area (TPSA) is 63.8 Å². The minimum Gasteiger partial charge on any atom is -0.308 e. The Morgan fingerprint density at radius 1 is 1.20 bits per heavy atom. The van der Waals surface area contributed by atoms with E-state index in [1.54, 1.807) is 6.07 Å². The molecule has 104 valence electrons. The molecule has 0 atom stereocenters. The third-order valence-corrected chi connectivity index (χ3v) is 3.75. The SMILES string of the molecule is Cc1cc(F)ccc1-c1nc2c(c(NN)n1)CCCC2. The van der Waals surface area contributed by atoms with Crippen LogP contribution in [-0.2, 0) is 12.8 Å². The average molecular weight is 272 g/mol. The molecule has 1 aliphatic rings. The molecular weight excluding hydrogens is 255 g/mol. The number of hydrogen-bond donors (Lipinski definition) is 2. The summed E-state index contributed by atoms with van der Waals surface area (Å²) in [6.07, 6.45) is 4.17. The number of nitrogens with two attached hydrogens (primary N) is 1. The predicted octanol–water partition coefficient (Wildman–Crippen LogP) is 2.76. The molecule has 20 heavy (non-hydrogen) atoms. The van der Waals surface area contributed by atoms with Crippen LogP contribution in [0, 0.1) is 12.7 Å². The number of aromatic nitrogens is 2. The van der Waals surface area contributed by atoms with Crippen LogP contribution in [0.1, 0.15) is 29.7 Å². The molecule has 1 aliphatic carbocycles. The Bertz CT molecular complexity index is 637. The smallest absolute Gasteiger partial charge is 0.162 e. The van der Waals surface area contributed by atoms with Gasteiger partial charge in [0, 0.05) is 16.8 Å². The Morgan fingerprint density at radius 3 is 2.75 bits per heavy atom. The van der Waals surface area contributed by atoms with Crippen LogP contribution < -0.4 is 11.3 Å². The molecule has 1 heterocycles. The molecule has 3 rings (SSSR count). The quantitative estimate of drug-likeness (QED) is 0.652. The standard InChI is InChI=1S/C15H17FN4/c1-9-8-10(16)6-7-11(9)14-18-13-5-3-2-4-12(13)15(19-14)20-17/h6-8H,2-5,17H2,1H3,(H,18,19,20). The third kappa shape index (κ3) is 2.25. The van der Waals surface area contributed by atoms with E-state index >= 15 is 0 Å². The molecule has 2 aromatic rings. The van der Waals surface area contributed by atoms with Gasteiger partial charge in [-0.2, -0.15) is 0 Å². The first-order chi connectivity index (χ1) is 9.69. The second-order valence-corrected chi connectivity index (χ2v) is 5.13. The molecule has 5 heteroatoms. The Morgan fingerprint density at radius 2 is 2.00 bits per heavy atom. The summed E-state index contributed by atoms with van der Waals surface area (Å²) in [7, 11) is 0. The molecule has 0 fully saturated rings. The van der Waals surface area contributed by atoms with Gasteiger partial charge in [-0.05, 0) is 56.4 Å². The highest BCUT2D eigenvalue weighted by atomic mass is 19.1. The molecule has 0 unspecified atom stereocenters. The molecule has 1 aromatic heterocycles. The van der Waals surface area contributed by atoms with Crippen LogP contribution in [0.25, 0.3) is 11.4 Å². The average Bonchev–Trinajstić information content (AvgIpc) is 2.46. The van der Waals surface area contributed by atoms with Crippen LogP contribution in [0.3, 0.4) is 0 Å². The largest absolute Gasteiger partial charge is 0.308 e. The maximum Gasteiger partial charge on any atom is 0.162 e. The van der Waals surface area contributed by atoms with Gasteiger partial charge in [-0.25, -0.2) is 20.2 Å². The van der Waals surface area contributed by atoms with Crippen LogP contribution in [0.5, 0.6) is 0 Å². The van der Waals surface area contributed by atoms with Crippen molar-refractivity contribution in [1.29, 1.82) is 0 Å². The summed E-state index contributed by atoms with van der Waals surface area (Å²) in [5.74, 6) is 6.63. The summed E-state index contributed by atoms with van der Waals surface area (Å²) in [5.41, 5.74) is 6.50. The molecule has 0 spiro atoms. The fourth-order valence-corrected chi connectivity index (χ4v) is 2.71. The highest BCUT2D eigenvalue weighted by Crippen LogP contribution is 2.29. The summed E-state index contributed by atoms with van der Waals surface area (Å²) >= 11 is 0. The molecule has 3 N–H and O–H groups in total. The van der Waals surface area contributed by atoms with Gasteiger partial charge in [-0.15, -0.1) is 0 Å². The van der Waals surface area contributed by atoms with E-state index in [-0.39, 0.29) is 5.82 Å². The number of nitrogens with one attached hydrogen (secondary N) is 1. The molecular formula is C15H17FN4. The number of hydrazine groups is 1. The van der Waals surface area contributed by atoms with Crippen molar-refractivity contribution in [2.75, 3.05) is 5.43 Å². The minimum absolute atomic E-state index is 0.249. The fraction of sp³-hybridized carbons (Fsp3) is 0.333. The number of halogens is 1. The summed E-state index contributed by atoms with van der Waals surface area (Å²) < 4.78 is 13.2. The molecule has 0 aliphatic heterocycles. The highest BCUT2D eigenvalue weighted by molar-refractivity contribution is 5.63. The molecule has 0 saturated heterocycles. The van der Waals surface area contributed by atoms with Crippen molar-refractivity contribution in [3.63, 3.8) is 0 Å². The lowest BCUT2D eigenvalue weighted by Gasteiger charge is -2.19. The predicted molar refractivity (Wildman–Crippen MR) is 76.6 cm³/mol. The van der Waals surface area contributed by atoms with Crippen molar-refractivity contribution in [2.24, 2.45) is 5.84 Å². The van der Waals surface area contributed by atoms with Crippen molar-refractivity contribution in [3.05, 3.63) is 40.8 Å². The first-order valence-electron chi connectivity index (χ1n) is 6.82. The summed E-state index contributed by atoms with van der Waals surface area (Å²) in [6.45, 7) is 1.86. The van der Waals surface area contributed by atoms with Gasteiger partial charge in [0.1, 0.15) is 11.6 Å². The van der Waals surface area contributed by atoms with Crippen molar-refractivity contribution in [1.82, 2.24) is 9.97 Å². The first kappa shape index (κ1) is 13.0. The van der Waals surface area contributed by atoms with E-state index in [2.05, 4.69) is 15.4 Å². The van der Waals surface area contributed by atoms with Crippen molar-refractivity contribution in [3.8, 4) is 11.4 Å². The molecule has 0 amide bonds. The molecule has 0 saturated carbocycles. The van der Waals surface area contributed by atoms with Crippen LogP contribution in [0.15, 0.2) is 18.2 Å². The van der Waals surface area contributed by atoms with E-state index in [1.165, 1.54) is 12.1 Å². The lowest BCUT2D eigenvalue weighted by molar-refractivity contribution is 0.626. The highest BCUT2D eigenvalue weighted by Gasteiger charge is 2.18. The van der Waals surface area contributed by atoms with Gasteiger partial charge in [0.15, 0.2) is 5.82 Å². The minimum atomic E-state index is -0.249. The van der Waals surface area contributed by atoms with Crippen molar-refractivity contribution < 1.29 is 4.39 Å². The van der Waals surface area contributed by atoms with Gasteiger partial charge in [0.05, 0.1) is 0 Å². The van der Waals surface area contributed by atoms with Crippen molar-refractivity contribution >= 4 is 5.82 Å². The summed E-state index contributed by atoms with van der Waals surface area (Å²) in [5, 5.41) is 0. The van der Waals surface area contributed by atoms with Gasteiger partial charge < -0.3 is 5.43 Å². The molecule has 0 bridgehead atoms. The van der Waals surface area contributed by atoms with Crippen LogP contribution in [0.4, 0.5) is 10.2 Å². The number of hydrogen-bond acceptors (Lipinski definition) is 4. The maximum absolute atomic E-state index is 13.2. The Hall–Kier alpha value is -2.01. The van der Waals surface area contributed by atoms with E-state index in [4.69, 9.17) is 5.84 Å². The number of nitrogen functional groups attached to an aromatic ring is 1. The fourth-order valence-electron chi connectivity index (χ4n) is 2.71. The van der Waals surface area contributed by atoms with Gasteiger partial charge in [-0.1, -0.05) is 0 Å². The number of fused-ring (bicyclic) bond motifs is 1. The van der Waals surface area contributed by atoms with Crippen LogP contribution >= 0.6 is 0 Å². The van der Waals surface area contributed by atoms with E-state index in [1.807, 2.05) is 6.92 Å². The number of nitrogens with zero attached hydrogens (tertiary/aromatic N) is 2. The zero-order chi connectivity index (χ0) is 14.1. The van der Waals surface area contributed by atoms with E-state index in [0.717, 1.165) is 48.1 Å². The zero-order valence-electron chi connectivity index (χ0n) is 11.4. The second-order valence-electron chi connectivity index (χ2n) is 5.13. The Balaban J connectivity index is 2.14. The number of anilines is 1. The van der Waals surface area contributed by atoms with Crippen LogP contribution in [0.2, 0.25) is 0 Å². The normalized spacial score (nSPS) is 13.9. The summed E-state index contributed by atoms with van der Waals surface area (Å²) in [4.78, 5) is 9.15. The van der Waals surface area contributed by atoms with E-state index < -0.39 is 0 Å². The van der Waals surface area contributed by atoms with Crippen molar-refractivity contribution in [2.45, 2.75) is 32.6 Å². The lowest BCUT2D eigenvalue weighted by Crippen LogP contribution is -2.17. The summed E-state index contributed by atoms with van der Waals surface area (Å²) in [6, 6.07) is 4.64. The Labute approximate surface area is 117 Å². The van der Waals surface area contributed by atoms with E-state index in [0.29, 0.717) is 11.6 Å². The molecule has 1 aromatic carbocycles. The van der Waals surface area contributed by atoms with Gasteiger partial charge in [-0.3, -0.25) is 0 Å². The lowest BCUT2D eigenvalue weighted by atomic mass is 9.96.